The summed E-state index contributed by atoms with van der Waals surface area (Å²) in [5.74, 6) is -0.429. The molecule has 0 aromatic carbocycles. The van der Waals surface area contributed by atoms with Gasteiger partial charge in [-0.3, -0.25) is 4.79 Å². The molecule has 0 atom stereocenters. The van der Waals surface area contributed by atoms with E-state index in [1.165, 1.54) is 0 Å². The SMILES string of the molecule is CCn1cc(Cl)cc1C(=O)NCCCS(N)(=O)=O. The van der Waals surface area contributed by atoms with Crippen molar-refractivity contribution in [1.82, 2.24) is 9.88 Å². The third-order valence-electron chi connectivity index (χ3n) is 2.33. The Bertz CT molecular complexity index is 524. The fourth-order valence-corrected chi connectivity index (χ4v) is 2.26. The Labute approximate surface area is 111 Å². The summed E-state index contributed by atoms with van der Waals surface area (Å²) in [7, 11) is -3.47. The summed E-state index contributed by atoms with van der Waals surface area (Å²) < 4.78 is 23.1. The van der Waals surface area contributed by atoms with E-state index in [2.05, 4.69) is 5.32 Å². The molecule has 0 aliphatic heterocycles. The molecule has 1 amide bonds. The maximum Gasteiger partial charge on any atom is 0.267 e. The average Bonchev–Trinajstić information content (AvgIpc) is 2.64. The van der Waals surface area contributed by atoms with Crippen LogP contribution in [0.4, 0.5) is 0 Å². The molecule has 1 rings (SSSR count). The van der Waals surface area contributed by atoms with Crippen molar-refractivity contribution < 1.29 is 13.2 Å². The molecular weight excluding hydrogens is 278 g/mol. The molecule has 8 heteroatoms. The highest BCUT2D eigenvalue weighted by Gasteiger charge is 2.12. The zero-order valence-electron chi connectivity index (χ0n) is 10.0. The van der Waals surface area contributed by atoms with E-state index in [-0.39, 0.29) is 24.6 Å². The summed E-state index contributed by atoms with van der Waals surface area (Å²) in [6.45, 7) is 2.78. The lowest BCUT2D eigenvalue weighted by atomic mass is 10.3. The van der Waals surface area contributed by atoms with Crippen molar-refractivity contribution in [3.63, 3.8) is 0 Å². The van der Waals surface area contributed by atoms with E-state index in [0.29, 0.717) is 17.3 Å². The number of hydrogen-bond acceptors (Lipinski definition) is 3. The molecule has 0 aliphatic carbocycles. The van der Waals surface area contributed by atoms with Crippen LogP contribution >= 0.6 is 11.6 Å². The molecule has 0 saturated carbocycles. The molecule has 1 heterocycles. The van der Waals surface area contributed by atoms with Gasteiger partial charge in [-0.1, -0.05) is 11.6 Å². The summed E-state index contributed by atoms with van der Waals surface area (Å²) in [4.78, 5) is 11.8. The fraction of sp³-hybridized carbons (Fsp3) is 0.500. The third-order valence-corrected chi connectivity index (χ3v) is 3.39. The second-order valence-corrected chi connectivity index (χ2v) is 5.98. The van der Waals surface area contributed by atoms with E-state index in [1.54, 1.807) is 16.8 Å². The lowest BCUT2D eigenvalue weighted by Gasteiger charge is -2.07. The minimum atomic E-state index is -3.47. The quantitative estimate of drug-likeness (QED) is 0.751. The predicted octanol–water partition coefficient (Wildman–Crippen LogP) is 0.570. The van der Waals surface area contributed by atoms with Crippen LogP contribution in [0.25, 0.3) is 0 Å². The lowest BCUT2D eigenvalue weighted by molar-refractivity contribution is 0.0944. The van der Waals surface area contributed by atoms with Gasteiger partial charge in [0.1, 0.15) is 5.69 Å². The Morgan fingerprint density at radius 2 is 2.22 bits per heavy atom. The van der Waals surface area contributed by atoms with Crippen molar-refractivity contribution in [3.05, 3.63) is 23.0 Å². The summed E-state index contributed by atoms with van der Waals surface area (Å²) in [6.07, 6.45) is 1.95. The molecule has 0 saturated heterocycles. The van der Waals surface area contributed by atoms with Gasteiger partial charge in [-0.2, -0.15) is 0 Å². The van der Waals surface area contributed by atoms with Gasteiger partial charge in [-0.05, 0) is 19.4 Å². The summed E-state index contributed by atoms with van der Waals surface area (Å²) >= 11 is 5.81. The Balaban J connectivity index is 2.50. The number of carbonyl (C=O) groups is 1. The second kappa shape index (κ2) is 6.21. The number of nitrogens with zero attached hydrogens (tertiary/aromatic N) is 1. The Morgan fingerprint density at radius 1 is 1.56 bits per heavy atom. The van der Waals surface area contributed by atoms with Crippen LogP contribution in [0.3, 0.4) is 0 Å². The number of aryl methyl sites for hydroxylation is 1. The standard InChI is InChI=1S/C10H16ClN3O3S/c1-2-14-7-8(11)6-9(14)10(15)13-4-3-5-18(12,16)17/h6-7H,2-5H2,1H3,(H,13,15)(H2,12,16,17). The Hall–Kier alpha value is -1.05. The van der Waals surface area contributed by atoms with Crippen molar-refractivity contribution in [3.8, 4) is 0 Å². The van der Waals surface area contributed by atoms with Gasteiger partial charge in [0.05, 0.1) is 10.8 Å². The maximum atomic E-state index is 11.8. The summed E-state index contributed by atoms with van der Waals surface area (Å²) in [6, 6.07) is 1.57. The van der Waals surface area contributed by atoms with Crippen molar-refractivity contribution in [2.24, 2.45) is 5.14 Å². The molecule has 0 fully saturated rings. The van der Waals surface area contributed by atoms with Crippen LogP contribution in [0.2, 0.25) is 5.02 Å². The number of amides is 1. The van der Waals surface area contributed by atoms with Gasteiger partial charge >= 0.3 is 0 Å². The molecule has 6 nitrogen and oxygen atoms in total. The smallest absolute Gasteiger partial charge is 0.267 e. The zero-order chi connectivity index (χ0) is 13.8. The molecule has 1 aromatic heterocycles. The van der Waals surface area contributed by atoms with Crippen molar-refractivity contribution in [2.75, 3.05) is 12.3 Å². The van der Waals surface area contributed by atoms with Crippen LogP contribution in [0, 0.1) is 0 Å². The molecule has 0 spiro atoms. The minimum Gasteiger partial charge on any atom is -0.351 e. The maximum absolute atomic E-state index is 11.8. The van der Waals surface area contributed by atoms with E-state index in [0.717, 1.165) is 0 Å². The minimum absolute atomic E-state index is 0.150. The molecule has 3 N–H and O–H groups in total. The molecule has 1 aromatic rings. The fourth-order valence-electron chi connectivity index (χ4n) is 1.49. The van der Waals surface area contributed by atoms with Gasteiger partial charge in [0.25, 0.3) is 5.91 Å². The van der Waals surface area contributed by atoms with E-state index in [1.807, 2.05) is 6.92 Å². The number of aromatic nitrogens is 1. The van der Waals surface area contributed by atoms with Crippen LogP contribution in [0.15, 0.2) is 12.3 Å². The first-order chi connectivity index (χ1) is 8.33. The van der Waals surface area contributed by atoms with Gasteiger partial charge in [-0.25, -0.2) is 13.6 Å². The third kappa shape index (κ3) is 4.67. The van der Waals surface area contributed by atoms with Gasteiger partial charge < -0.3 is 9.88 Å². The number of nitrogens with one attached hydrogen (secondary N) is 1. The Kier molecular flexibility index (Phi) is 5.18. The molecular formula is C10H16ClN3O3S. The van der Waals surface area contributed by atoms with Gasteiger partial charge in [-0.15, -0.1) is 0 Å². The predicted molar refractivity (Wildman–Crippen MR) is 70.0 cm³/mol. The normalized spacial score (nSPS) is 11.5. The molecule has 18 heavy (non-hydrogen) atoms. The number of hydrogen-bond donors (Lipinski definition) is 2. The van der Waals surface area contributed by atoms with Gasteiger partial charge in [0, 0.05) is 19.3 Å². The van der Waals surface area contributed by atoms with E-state index in [9.17, 15) is 13.2 Å². The van der Waals surface area contributed by atoms with Crippen molar-refractivity contribution >= 4 is 27.5 Å². The van der Waals surface area contributed by atoms with Crippen LogP contribution in [0.5, 0.6) is 0 Å². The summed E-state index contributed by atoms with van der Waals surface area (Å²) in [5.41, 5.74) is 0.457. The van der Waals surface area contributed by atoms with Gasteiger partial charge in [0.15, 0.2) is 0 Å². The first-order valence-corrected chi connectivity index (χ1v) is 7.57. The molecule has 0 bridgehead atoms. The van der Waals surface area contributed by atoms with E-state index < -0.39 is 10.0 Å². The second-order valence-electron chi connectivity index (χ2n) is 3.81. The molecule has 0 aliphatic rings. The number of carbonyl (C=O) groups excluding carboxylic acids is 1. The lowest BCUT2D eigenvalue weighted by Crippen LogP contribution is -2.28. The Morgan fingerprint density at radius 3 is 2.78 bits per heavy atom. The largest absolute Gasteiger partial charge is 0.351 e. The highest BCUT2D eigenvalue weighted by atomic mass is 35.5. The number of nitrogens with two attached hydrogens (primary N) is 1. The number of sulfonamides is 1. The monoisotopic (exact) mass is 293 g/mol. The van der Waals surface area contributed by atoms with Crippen LogP contribution in [-0.4, -0.2) is 31.2 Å². The first kappa shape index (κ1) is 15.0. The highest BCUT2D eigenvalue weighted by molar-refractivity contribution is 7.89. The number of rotatable bonds is 6. The topological polar surface area (TPSA) is 94.2 Å². The van der Waals surface area contributed by atoms with Crippen LogP contribution in [-0.2, 0) is 16.6 Å². The van der Waals surface area contributed by atoms with Crippen molar-refractivity contribution in [2.45, 2.75) is 19.9 Å². The highest BCUT2D eigenvalue weighted by Crippen LogP contribution is 2.13. The zero-order valence-corrected chi connectivity index (χ0v) is 11.6. The van der Waals surface area contributed by atoms with Gasteiger partial charge in [0.2, 0.25) is 10.0 Å². The molecule has 0 radical (unpaired) electrons. The first-order valence-electron chi connectivity index (χ1n) is 5.48. The van der Waals surface area contributed by atoms with Crippen LogP contribution < -0.4 is 10.5 Å². The number of primary sulfonamides is 1. The van der Waals surface area contributed by atoms with Crippen molar-refractivity contribution in [1.29, 1.82) is 0 Å². The van der Waals surface area contributed by atoms with E-state index in [4.69, 9.17) is 16.7 Å². The van der Waals surface area contributed by atoms with E-state index >= 15 is 0 Å². The average molecular weight is 294 g/mol. The number of halogens is 1. The molecule has 0 unspecified atom stereocenters. The summed E-state index contributed by atoms with van der Waals surface area (Å²) in [5, 5.41) is 7.96. The van der Waals surface area contributed by atoms with Crippen LogP contribution in [0.1, 0.15) is 23.8 Å². The molecule has 102 valence electrons.